The maximum Gasteiger partial charge on any atom is 0.415 e. The summed E-state index contributed by atoms with van der Waals surface area (Å²) >= 11 is 1.47. The van der Waals surface area contributed by atoms with Crippen molar-refractivity contribution in [1.82, 2.24) is 0 Å². The third-order valence-corrected chi connectivity index (χ3v) is 5.18. The number of carbonyl (C=O) groups is 2. The smallest absolute Gasteiger partial charge is 0.415 e. The zero-order valence-electron chi connectivity index (χ0n) is 12.3. The quantitative estimate of drug-likeness (QED) is 0.871. The fraction of sp³-hybridized carbons (Fsp3) is 0.467. The van der Waals surface area contributed by atoms with Crippen molar-refractivity contribution in [2.75, 3.05) is 17.2 Å². The van der Waals surface area contributed by atoms with Crippen molar-refractivity contribution in [2.24, 2.45) is 5.73 Å². The van der Waals surface area contributed by atoms with Crippen LogP contribution in [0.4, 0.5) is 14.9 Å². The first-order valence-electron chi connectivity index (χ1n) is 7.32. The van der Waals surface area contributed by atoms with E-state index in [4.69, 9.17) is 10.5 Å². The van der Waals surface area contributed by atoms with Crippen molar-refractivity contribution in [2.45, 2.75) is 30.3 Å². The topological polar surface area (TPSA) is 92.9 Å². The Kier molecular flexibility index (Phi) is 4.45. The first-order valence-corrected chi connectivity index (χ1v) is 8.37. The van der Waals surface area contributed by atoms with E-state index >= 15 is 0 Å². The molecule has 0 aromatic heterocycles. The maximum atomic E-state index is 14.4. The van der Waals surface area contributed by atoms with Gasteiger partial charge in [0.05, 0.1) is 17.7 Å². The van der Waals surface area contributed by atoms with E-state index in [-0.39, 0.29) is 12.5 Å². The van der Waals surface area contributed by atoms with Crippen molar-refractivity contribution in [3.05, 3.63) is 29.6 Å². The van der Waals surface area contributed by atoms with Crippen molar-refractivity contribution < 1.29 is 23.8 Å². The normalized spacial score (nSPS) is 27.8. The molecule has 0 spiro atoms. The predicted octanol–water partition coefficient (Wildman–Crippen LogP) is 1.57. The van der Waals surface area contributed by atoms with Crippen molar-refractivity contribution in [3.63, 3.8) is 0 Å². The molecule has 8 heteroatoms. The van der Waals surface area contributed by atoms with E-state index in [2.05, 4.69) is 0 Å². The van der Waals surface area contributed by atoms with Crippen LogP contribution in [0, 0.1) is 5.82 Å². The first-order chi connectivity index (χ1) is 11.0. The fourth-order valence-corrected chi connectivity index (χ4v) is 3.96. The molecule has 124 valence electrons. The van der Waals surface area contributed by atoms with Crippen LogP contribution in [0.25, 0.3) is 0 Å². The first kappa shape index (κ1) is 16.1. The molecule has 0 radical (unpaired) electrons. The second-order valence-electron chi connectivity index (χ2n) is 5.64. The third-order valence-electron chi connectivity index (χ3n) is 4.13. The molecule has 1 aromatic carbocycles. The minimum absolute atomic E-state index is 0.0221. The molecular weight excluding hydrogens is 323 g/mol. The Balaban J connectivity index is 1.79. The van der Waals surface area contributed by atoms with Crippen LogP contribution in [-0.2, 0) is 9.53 Å². The van der Waals surface area contributed by atoms with Gasteiger partial charge < -0.3 is 15.6 Å². The van der Waals surface area contributed by atoms with E-state index in [0.29, 0.717) is 17.7 Å². The molecule has 2 amide bonds. The highest BCUT2D eigenvalue weighted by Crippen LogP contribution is 2.37. The summed E-state index contributed by atoms with van der Waals surface area (Å²) in [4.78, 5) is 24.1. The molecule has 2 heterocycles. The lowest BCUT2D eigenvalue weighted by atomic mass is 9.92. The van der Waals surface area contributed by atoms with Gasteiger partial charge in [0.2, 0.25) is 0 Å². The number of aliphatic hydroxyl groups excluding tert-OH is 1. The van der Waals surface area contributed by atoms with Gasteiger partial charge in [0.25, 0.3) is 5.91 Å². The van der Waals surface area contributed by atoms with Gasteiger partial charge in [-0.15, -0.1) is 11.8 Å². The number of aliphatic hydroxyl groups is 1. The number of hydrogen-bond acceptors (Lipinski definition) is 5. The second kappa shape index (κ2) is 6.37. The zero-order chi connectivity index (χ0) is 16.6. The molecule has 2 aliphatic heterocycles. The van der Waals surface area contributed by atoms with Gasteiger partial charge >= 0.3 is 6.09 Å². The Morgan fingerprint density at radius 1 is 1.48 bits per heavy atom. The molecule has 0 unspecified atom stereocenters. The van der Waals surface area contributed by atoms with Gasteiger partial charge in [0, 0.05) is 0 Å². The van der Waals surface area contributed by atoms with E-state index in [1.165, 1.54) is 22.7 Å². The largest absolute Gasteiger partial charge is 0.434 e. The highest BCUT2D eigenvalue weighted by Gasteiger charge is 2.36. The number of ether oxygens (including phenoxy) is 1. The molecule has 2 saturated heterocycles. The molecule has 2 aliphatic rings. The van der Waals surface area contributed by atoms with Gasteiger partial charge in [-0.05, 0) is 42.2 Å². The summed E-state index contributed by atoms with van der Waals surface area (Å²) in [5, 5.41) is 9.70. The number of amides is 2. The summed E-state index contributed by atoms with van der Waals surface area (Å²) in [6, 6.07) is 4.51. The van der Waals surface area contributed by atoms with E-state index in [9.17, 15) is 19.1 Å². The van der Waals surface area contributed by atoms with Crippen LogP contribution in [-0.4, -0.2) is 40.9 Å². The summed E-state index contributed by atoms with van der Waals surface area (Å²) < 4.78 is 19.3. The summed E-state index contributed by atoms with van der Waals surface area (Å²) in [6.07, 6.45) is -0.426. The number of nitrogens with two attached hydrogens (primary N) is 1. The number of cyclic esters (lactones) is 1. The van der Waals surface area contributed by atoms with Crippen LogP contribution in [0.3, 0.4) is 0 Å². The summed E-state index contributed by atoms with van der Waals surface area (Å²) in [6.45, 7) is -0.0221. The highest BCUT2D eigenvalue weighted by atomic mass is 32.2. The number of anilines is 1. The Bertz CT molecular complexity index is 642. The Morgan fingerprint density at radius 3 is 2.87 bits per heavy atom. The average Bonchev–Trinajstić information content (AvgIpc) is 2.89. The van der Waals surface area contributed by atoms with Crippen LogP contribution in [0.15, 0.2) is 18.2 Å². The van der Waals surface area contributed by atoms with Gasteiger partial charge in [0.1, 0.15) is 5.82 Å². The SMILES string of the molecule is NC(=O)[C@H]1CN(c2ccc([C@H]3CCS[C@@H](O)C3)c(F)c2)C(=O)O1. The van der Waals surface area contributed by atoms with Gasteiger partial charge in [-0.1, -0.05) is 6.07 Å². The summed E-state index contributed by atoms with van der Waals surface area (Å²) in [7, 11) is 0. The Hall–Kier alpha value is -1.80. The summed E-state index contributed by atoms with van der Waals surface area (Å²) in [5.41, 5.74) is 5.51. The number of primary amides is 1. The van der Waals surface area contributed by atoms with Crippen LogP contribution in [0.1, 0.15) is 24.3 Å². The van der Waals surface area contributed by atoms with Crippen molar-refractivity contribution in [3.8, 4) is 0 Å². The molecule has 0 saturated carbocycles. The van der Waals surface area contributed by atoms with Gasteiger partial charge in [-0.3, -0.25) is 9.69 Å². The fourth-order valence-electron chi connectivity index (χ4n) is 2.89. The van der Waals surface area contributed by atoms with Crippen molar-refractivity contribution in [1.29, 1.82) is 0 Å². The van der Waals surface area contributed by atoms with Crippen LogP contribution >= 0.6 is 11.8 Å². The number of halogens is 1. The average molecular weight is 340 g/mol. The Morgan fingerprint density at radius 2 is 2.26 bits per heavy atom. The zero-order valence-corrected chi connectivity index (χ0v) is 13.1. The number of thioether (sulfide) groups is 1. The molecule has 2 fully saturated rings. The lowest BCUT2D eigenvalue weighted by molar-refractivity contribution is -0.124. The van der Waals surface area contributed by atoms with Gasteiger partial charge in [-0.2, -0.15) is 0 Å². The minimum Gasteiger partial charge on any atom is -0.434 e. The molecule has 6 nitrogen and oxygen atoms in total. The van der Waals surface area contributed by atoms with Crippen LogP contribution in [0.5, 0.6) is 0 Å². The maximum absolute atomic E-state index is 14.4. The molecule has 0 bridgehead atoms. The highest BCUT2D eigenvalue weighted by molar-refractivity contribution is 7.99. The van der Waals surface area contributed by atoms with Gasteiger partial charge in [-0.25, -0.2) is 9.18 Å². The Labute approximate surface area is 136 Å². The molecule has 0 aliphatic carbocycles. The number of rotatable bonds is 3. The molecule has 23 heavy (non-hydrogen) atoms. The monoisotopic (exact) mass is 340 g/mol. The molecule has 3 N–H and O–H groups in total. The van der Waals surface area contributed by atoms with Crippen LogP contribution < -0.4 is 10.6 Å². The summed E-state index contributed by atoms with van der Waals surface area (Å²) in [5.74, 6) is -0.413. The standard InChI is InChI=1S/C15H17FN2O4S/c16-11-6-9(18-7-12(14(17)20)22-15(18)21)1-2-10(11)8-3-4-23-13(19)5-8/h1-2,6,8,12-13,19H,3-5,7H2,(H2,17,20)/t8-,12+,13+/m0/s1. The molecule has 3 rings (SSSR count). The number of benzene rings is 1. The van der Waals surface area contributed by atoms with E-state index in [0.717, 1.165) is 12.2 Å². The lowest BCUT2D eigenvalue weighted by Gasteiger charge is -2.26. The van der Waals surface area contributed by atoms with E-state index in [1.54, 1.807) is 12.1 Å². The van der Waals surface area contributed by atoms with E-state index < -0.39 is 29.4 Å². The number of carbonyl (C=O) groups excluding carboxylic acids is 2. The number of hydrogen-bond donors (Lipinski definition) is 2. The van der Waals surface area contributed by atoms with Crippen LogP contribution in [0.2, 0.25) is 0 Å². The number of nitrogens with zero attached hydrogens (tertiary/aromatic N) is 1. The second-order valence-corrected chi connectivity index (χ2v) is 6.92. The van der Waals surface area contributed by atoms with Gasteiger partial charge in [0.15, 0.2) is 6.10 Å². The minimum atomic E-state index is -1.02. The third kappa shape index (κ3) is 3.28. The lowest BCUT2D eigenvalue weighted by Crippen LogP contribution is -2.32. The molecular formula is C15H17FN2O4S. The molecule has 1 aromatic rings. The molecule has 3 atom stereocenters. The predicted molar refractivity (Wildman–Crippen MR) is 83.6 cm³/mol. The van der Waals surface area contributed by atoms with Crippen molar-refractivity contribution >= 4 is 29.4 Å². The van der Waals surface area contributed by atoms with E-state index in [1.807, 2.05) is 0 Å².